The third kappa shape index (κ3) is 5.40. The minimum absolute atomic E-state index is 0.239. The number of halogens is 1. The Morgan fingerprint density at radius 1 is 1.07 bits per heavy atom. The number of carbonyl (C=O) groups is 1. The number of ether oxygens (including phenoxy) is 2. The number of nitrogens with zero attached hydrogens (tertiary/aromatic N) is 6. The Morgan fingerprint density at radius 3 is 2.70 bits per heavy atom. The fourth-order valence-electron chi connectivity index (χ4n) is 5.93. The van der Waals surface area contributed by atoms with Gasteiger partial charge in [-0.1, -0.05) is 0 Å². The number of imidazole rings is 1. The van der Waals surface area contributed by atoms with Gasteiger partial charge in [-0.2, -0.15) is 10.2 Å². The maximum Gasteiger partial charge on any atom is 0.257 e. The molecule has 0 spiro atoms. The lowest BCUT2D eigenvalue weighted by atomic mass is 9.90. The van der Waals surface area contributed by atoms with Gasteiger partial charge in [0.05, 0.1) is 35.9 Å². The van der Waals surface area contributed by atoms with Gasteiger partial charge in [0.2, 0.25) is 0 Å². The van der Waals surface area contributed by atoms with E-state index >= 15 is 0 Å². The van der Waals surface area contributed by atoms with Crippen LogP contribution in [0.5, 0.6) is 0 Å². The number of nitrogens with one attached hydrogen (secondary N) is 2. The number of rotatable bonds is 6. The summed E-state index contributed by atoms with van der Waals surface area (Å²) in [5.41, 5.74) is 5.98. The maximum atomic E-state index is 13.8. The Hall–Kier alpha value is -4.52. The first-order valence-corrected chi connectivity index (χ1v) is 14.4. The molecule has 2 saturated heterocycles. The van der Waals surface area contributed by atoms with E-state index < -0.39 is 0 Å². The van der Waals surface area contributed by atoms with Gasteiger partial charge in [-0.25, -0.2) is 13.9 Å². The molecule has 1 atom stereocenters. The molecule has 220 valence electrons. The van der Waals surface area contributed by atoms with E-state index in [9.17, 15) is 9.18 Å². The minimum atomic E-state index is -0.305. The summed E-state index contributed by atoms with van der Waals surface area (Å²) in [7, 11) is 1.94. The van der Waals surface area contributed by atoms with E-state index in [0.717, 1.165) is 47.5 Å². The van der Waals surface area contributed by atoms with Crippen LogP contribution in [0.3, 0.4) is 0 Å². The molecule has 1 amide bonds. The molecule has 5 aromatic rings. The van der Waals surface area contributed by atoms with Crippen molar-refractivity contribution in [3.8, 4) is 22.5 Å². The van der Waals surface area contributed by atoms with Crippen molar-refractivity contribution >= 4 is 17.4 Å². The van der Waals surface area contributed by atoms with Gasteiger partial charge in [0.25, 0.3) is 5.91 Å². The summed E-state index contributed by atoms with van der Waals surface area (Å²) in [5.74, 6) is 0.00119. The Morgan fingerprint density at radius 2 is 1.91 bits per heavy atom. The molecule has 2 aliphatic rings. The molecule has 1 aromatic carbocycles. The molecule has 6 heterocycles. The van der Waals surface area contributed by atoms with Crippen LogP contribution in [0.1, 0.15) is 46.5 Å². The molecule has 0 aliphatic carbocycles. The predicted molar refractivity (Wildman–Crippen MR) is 157 cm³/mol. The van der Waals surface area contributed by atoms with Gasteiger partial charge in [0, 0.05) is 68.4 Å². The van der Waals surface area contributed by atoms with Crippen LogP contribution in [0, 0.1) is 5.82 Å². The number of pyridine rings is 1. The quantitative estimate of drug-likeness (QED) is 0.307. The van der Waals surface area contributed by atoms with Gasteiger partial charge < -0.3 is 20.1 Å². The number of anilines is 1. The van der Waals surface area contributed by atoms with Crippen LogP contribution in [0.15, 0.2) is 61.1 Å². The normalized spacial score (nSPS) is 17.8. The largest absolute Gasteiger partial charge is 0.381 e. The molecule has 0 bridgehead atoms. The molecule has 2 aliphatic heterocycles. The molecule has 4 aromatic heterocycles. The third-order valence-corrected chi connectivity index (χ3v) is 8.01. The highest BCUT2D eigenvalue weighted by Crippen LogP contribution is 2.40. The Labute approximate surface area is 247 Å². The second kappa shape index (κ2) is 11.6. The van der Waals surface area contributed by atoms with E-state index in [0.29, 0.717) is 49.1 Å². The van der Waals surface area contributed by atoms with Crippen molar-refractivity contribution in [3.63, 3.8) is 0 Å². The standard InChI is InChI=1S/C31H31FN8O3/c1-39-30(20-9-13-42-14-10-20)28(29(38-39)19-2-4-21(32)5-3-19)24-6-7-27-35-26(18-40(27)37-24)36-31(41)22-8-11-33-16-23(22)25-17-34-12-15-43-25/h2-8,11,16,18,20,25,34H,9-10,12-15,17H2,1H3,(H,36,41). The second-order valence-electron chi connectivity index (χ2n) is 10.8. The van der Waals surface area contributed by atoms with Crippen molar-refractivity contribution in [2.75, 3.05) is 38.2 Å². The zero-order valence-corrected chi connectivity index (χ0v) is 23.7. The van der Waals surface area contributed by atoms with Crippen molar-refractivity contribution in [3.05, 3.63) is 83.7 Å². The zero-order chi connectivity index (χ0) is 29.3. The average molecular weight is 583 g/mol. The van der Waals surface area contributed by atoms with Crippen LogP contribution in [0.4, 0.5) is 10.2 Å². The Bertz CT molecular complexity index is 1770. The molecular formula is C31H31FN8O3. The number of aromatic nitrogens is 6. The molecule has 2 fully saturated rings. The average Bonchev–Trinajstić information content (AvgIpc) is 3.61. The lowest BCUT2D eigenvalue weighted by molar-refractivity contribution is 0.0269. The monoisotopic (exact) mass is 582 g/mol. The van der Waals surface area contributed by atoms with Gasteiger partial charge in [0.1, 0.15) is 11.5 Å². The minimum Gasteiger partial charge on any atom is -0.381 e. The summed E-state index contributed by atoms with van der Waals surface area (Å²) >= 11 is 0. The summed E-state index contributed by atoms with van der Waals surface area (Å²) < 4.78 is 28.8. The van der Waals surface area contributed by atoms with Gasteiger partial charge in [0.15, 0.2) is 11.5 Å². The van der Waals surface area contributed by atoms with Gasteiger partial charge in [-0.15, -0.1) is 0 Å². The Balaban J connectivity index is 1.24. The molecule has 12 heteroatoms. The van der Waals surface area contributed by atoms with E-state index in [-0.39, 0.29) is 23.7 Å². The summed E-state index contributed by atoms with van der Waals surface area (Å²) in [6.45, 7) is 3.31. The van der Waals surface area contributed by atoms with E-state index in [2.05, 4.69) is 20.6 Å². The van der Waals surface area contributed by atoms with Gasteiger partial charge in [-0.3, -0.25) is 14.5 Å². The number of fused-ring (bicyclic) bond motifs is 1. The summed E-state index contributed by atoms with van der Waals surface area (Å²) in [6, 6.07) is 11.8. The highest BCUT2D eigenvalue weighted by molar-refractivity contribution is 6.05. The number of benzene rings is 1. The molecule has 7 rings (SSSR count). The van der Waals surface area contributed by atoms with E-state index in [1.807, 2.05) is 23.9 Å². The number of amides is 1. The van der Waals surface area contributed by atoms with Gasteiger partial charge >= 0.3 is 0 Å². The van der Waals surface area contributed by atoms with Crippen LogP contribution in [-0.2, 0) is 16.5 Å². The van der Waals surface area contributed by atoms with Crippen molar-refractivity contribution in [1.29, 1.82) is 0 Å². The molecular weight excluding hydrogens is 551 g/mol. The van der Waals surface area contributed by atoms with Crippen molar-refractivity contribution in [1.82, 2.24) is 34.7 Å². The first-order chi connectivity index (χ1) is 21.0. The van der Waals surface area contributed by atoms with E-state index in [4.69, 9.17) is 19.7 Å². The maximum absolute atomic E-state index is 13.8. The fourth-order valence-corrected chi connectivity index (χ4v) is 5.93. The topological polar surface area (TPSA) is 120 Å². The zero-order valence-electron chi connectivity index (χ0n) is 23.7. The molecule has 0 saturated carbocycles. The third-order valence-electron chi connectivity index (χ3n) is 8.01. The lowest BCUT2D eigenvalue weighted by Crippen LogP contribution is -2.34. The number of aryl methyl sites for hydroxylation is 1. The number of hydrogen-bond donors (Lipinski definition) is 2. The smallest absolute Gasteiger partial charge is 0.257 e. The number of carbonyl (C=O) groups excluding carboxylic acids is 1. The van der Waals surface area contributed by atoms with E-state index in [1.165, 1.54) is 12.1 Å². The highest BCUT2D eigenvalue weighted by Gasteiger charge is 2.28. The molecule has 0 radical (unpaired) electrons. The molecule has 1 unspecified atom stereocenters. The second-order valence-corrected chi connectivity index (χ2v) is 10.8. The van der Waals surface area contributed by atoms with Crippen molar-refractivity contribution < 1.29 is 18.7 Å². The van der Waals surface area contributed by atoms with Crippen LogP contribution in [0.2, 0.25) is 0 Å². The Kier molecular flexibility index (Phi) is 7.39. The molecule has 11 nitrogen and oxygen atoms in total. The molecule has 2 N–H and O–H groups in total. The highest BCUT2D eigenvalue weighted by atomic mass is 19.1. The van der Waals surface area contributed by atoms with Gasteiger partial charge in [-0.05, 0) is 55.3 Å². The summed E-state index contributed by atoms with van der Waals surface area (Å²) in [6.07, 6.45) is 6.45. The van der Waals surface area contributed by atoms with Crippen LogP contribution < -0.4 is 10.6 Å². The van der Waals surface area contributed by atoms with Crippen LogP contribution in [-0.4, -0.2) is 68.2 Å². The summed E-state index contributed by atoms with van der Waals surface area (Å²) in [5, 5.41) is 16.0. The lowest BCUT2D eigenvalue weighted by Gasteiger charge is -2.25. The predicted octanol–water partition coefficient (Wildman–Crippen LogP) is 4.14. The van der Waals surface area contributed by atoms with E-state index in [1.54, 1.807) is 41.3 Å². The van der Waals surface area contributed by atoms with Crippen molar-refractivity contribution in [2.45, 2.75) is 24.9 Å². The number of morpholine rings is 1. The number of hydrogen-bond acceptors (Lipinski definition) is 8. The fraction of sp³-hybridized carbons (Fsp3) is 0.323. The molecule has 43 heavy (non-hydrogen) atoms. The summed E-state index contributed by atoms with van der Waals surface area (Å²) in [4.78, 5) is 22.2. The SMILES string of the molecule is Cn1nc(-c2ccc(F)cc2)c(-c2ccc3nc(NC(=O)c4ccncc4C4CNCCO4)cn3n2)c1C1CCOCC1. The van der Waals surface area contributed by atoms with Crippen molar-refractivity contribution in [2.24, 2.45) is 7.05 Å². The first kappa shape index (κ1) is 27.3. The van der Waals surface area contributed by atoms with Crippen LogP contribution >= 0.6 is 0 Å². The first-order valence-electron chi connectivity index (χ1n) is 14.4. The van der Waals surface area contributed by atoms with Crippen LogP contribution in [0.25, 0.3) is 28.2 Å².